The van der Waals surface area contributed by atoms with Crippen LogP contribution in [0.15, 0.2) is 0 Å². The molecule has 152 valence electrons. The topological polar surface area (TPSA) is 0 Å². The lowest BCUT2D eigenvalue weighted by Gasteiger charge is -1.93. The minimum atomic E-state index is 0.884. The van der Waals surface area contributed by atoms with E-state index in [0.717, 1.165) is 5.92 Å². The molecule has 0 aromatic carbocycles. The van der Waals surface area contributed by atoms with Crippen LogP contribution in [0.5, 0.6) is 0 Å². The van der Waals surface area contributed by atoms with Crippen LogP contribution in [0.2, 0.25) is 0 Å². The van der Waals surface area contributed by atoms with E-state index in [4.69, 9.17) is 0 Å². The third kappa shape index (κ3) is 67.4. The molecule has 0 bridgehead atoms. The highest BCUT2D eigenvalue weighted by atomic mass is 13.9. The molecule has 0 spiro atoms. The summed E-state index contributed by atoms with van der Waals surface area (Å²) in [6.07, 6.45) is 19.4. The predicted molar refractivity (Wildman–Crippen MR) is 119 cm³/mol. The fourth-order valence-electron chi connectivity index (χ4n) is 1.71. The van der Waals surface area contributed by atoms with Crippen molar-refractivity contribution in [3.8, 4) is 0 Å². The van der Waals surface area contributed by atoms with Crippen molar-refractivity contribution < 1.29 is 0 Å². The molecule has 0 fully saturated rings. The van der Waals surface area contributed by atoms with Crippen molar-refractivity contribution in [2.75, 3.05) is 0 Å². The Balaban J connectivity index is -0.000000114. The zero-order chi connectivity index (χ0) is 19.5. The Morgan fingerprint density at radius 3 is 0.708 bits per heavy atom. The van der Waals surface area contributed by atoms with E-state index in [-0.39, 0.29) is 0 Å². The molecule has 0 aromatic rings. The highest BCUT2D eigenvalue weighted by molar-refractivity contribution is 4.39. The smallest absolute Gasteiger partial charge is 0.0474 e. The monoisotopic (exact) mass is 344 g/mol. The van der Waals surface area contributed by atoms with Gasteiger partial charge in [0.25, 0.3) is 0 Å². The second-order valence-corrected chi connectivity index (χ2v) is 7.28. The number of hydrogen-bond donors (Lipinski definition) is 0. The third-order valence-electron chi connectivity index (χ3n) is 3.94. The van der Waals surface area contributed by atoms with Gasteiger partial charge in [0.15, 0.2) is 0 Å². The van der Waals surface area contributed by atoms with Crippen LogP contribution in [0.3, 0.4) is 0 Å². The molecule has 0 aliphatic carbocycles. The molecular formula is C24H56. The van der Waals surface area contributed by atoms with E-state index >= 15 is 0 Å². The van der Waals surface area contributed by atoms with E-state index in [1.807, 2.05) is 0 Å². The first kappa shape index (κ1) is 31.7. The highest BCUT2D eigenvalue weighted by Crippen LogP contribution is 2.03. The number of unbranched alkanes of at least 4 members (excludes halogenated alkanes) is 10. The molecule has 24 heavy (non-hydrogen) atoms. The van der Waals surface area contributed by atoms with Crippen LogP contribution in [-0.4, -0.2) is 0 Å². The van der Waals surface area contributed by atoms with E-state index in [1.54, 1.807) is 0 Å². The maximum atomic E-state index is 2.26. The van der Waals surface area contributed by atoms with Crippen molar-refractivity contribution in [2.45, 2.75) is 152 Å². The summed E-state index contributed by atoms with van der Waals surface area (Å²) in [5, 5.41) is 0. The Morgan fingerprint density at radius 2 is 0.583 bits per heavy atom. The van der Waals surface area contributed by atoms with Crippen LogP contribution in [0.1, 0.15) is 152 Å². The van der Waals surface area contributed by atoms with Crippen molar-refractivity contribution in [2.24, 2.45) is 5.92 Å². The van der Waals surface area contributed by atoms with Gasteiger partial charge < -0.3 is 0 Å². The minimum Gasteiger partial charge on any atom is -0.0654 e. The Labute approximate surface area is 158 Å². The van der Waals surface area contributed by atoms with Crippen molar-refractivity contribution in [1.29, 1.82) is 0 Å². The molecule has 0 aromatic heterocycles. The van der Waals surface area contributed by atoms with E-state index in [0.29, 0.717) is 0 Å². The first-order valence-corrected chi connectivity index (χ1v) is 11.5. The summed E-state index contributed by atoms with van der Waals surface area (Å²) in [6.45, 7) is 20.0. The average Bonchev–Trinajstić information content (AvgIpc) is 2.59. The standard InChI is InChI=1S/C8H18.C6H14.2C5H12/c1-3-5-7-8-6-4-2;1-3-5-6-4-2;1-4-5(2)3;1-3-5-4-2/h3-8H2,1-2H3;3-6H2,1-2H3;5H,4H2,1-3H3;3-5H2,1-2H3. The molecule has 0 aliphatic rings. The molecule has 0 heteroatoms. The van der Waals surface area contributed by atoms with Crippen LogP contribution < -0.4 is 0 Å². The van der Waals surface area contributed by atoms with Crippen molar-refractivity contribution >= 4 is 0 Å². The van der Waals surface area contributed by atoms with Gasteiger partial charge in [-0.3, -0.25) is 0 Å². The summed E-state index contributed by atoms with van der Waals surface area (Å²) >= 11 is 0. The van der Waals surface area contributed by atoms with Gasteiger partial charge in [0.05, 0.1) is 0 Å². The molecule has 0 N–H and O–H groups in total. The minimum absolute atomic E-state index is 0.884. The molecule has 0 amide bonds. The second kappa shape index (κ2) is 38.5. The van der Waals surface area contributed by atoms with Gasteiger partial charge in [-0.1, -0.05) is 152 Å². The molecular weight excluding hydrogens is 288 g/mol. The van der Waals surface area contributed by atoms with Gasteiger partial charge in [0.1, 0.15) is 0 Å². The van der Waals surface area contributed by atoms with E-state index in [1.165, 1.54) is 89.9 Å². The third-order valence-corrected chi connectivity index (χ3v) is 3.94. The predicted octanol–water partition coefficient (Wildman–Crippen LogP) is 10.2. The zero-order valence-electron chi connectivity index (χ0n) is 19.5. The Kier molecular flexibility index (Phi) is 50.9. The van der Waals surface area contributed by atoms with E-state index in [2.05, 4.69) is 62.3 Å². The van der Waals surface area contributed by atoms with Crippen molar-refractivity contribution in [1.82, 2.24) is 0 Å². The van der Waals surface area contributed by atoms with E-state index < -0.39 is 0 Å². The molecule has 0 radical (unpaired) electrons. The second-order valence-electron chi connectivity index (χ2n) is 7.28. The van der Waals surface area contributed by atoms with Gasteiger partial charge in [-0.05, 0) is 5.92 Å². The SMILES string of the molecule is CCC(C)C.CCCCC.CCCCCC.CCCCCCCC. The molecule has 0 unspecified atom stereocenters. The highest BCUT2D eigenvalue weighted by Gasteiger charge is 1.83. The first-order chi connectivity index (χ1) is 11.5. The van der Waals surface area contributed by atoms with Gasteiger partial charge in [-0.15, -0.1) is 0 Å². The van der Waals surface area contributed by atoms with E-state index in [9.17, 15) is 0 Å². The Morgan fingerprint density at radius 1 is 0.375 bits per heavy atom. The number of hydrogen-bond acceptors (Lipinski definition) is 0. The van der Waals surface area contributed by atoms with Gasteiger partial charge in [0.2, 0.25) is 0 Å². The van der Waals surface area contributed by atoms with Gasteiger partial charge in [-0.2, -0.15) is 0 Å². The van der Waals surface area contributed by atoms with Gasteiger partial charge in [-0.25, -0.2) is 0 Å². The van der Waals surface area contributed by atoms with Crippen LogP contribution in [-0.2, 0) is 0 Å². The van der Waals surface area contributed by atoms with Crippen LogP contribution in [0.25, 0.3) is 0 Å². The average molecular weight is 345 g/mol. The number of rotatable bonds is 11. The lowest BCUT2D eigenvalue weighted by atomic mass is 10.1. The molecule has 0 atom stereocenters. The Bertz CT molecular complexity index is 125. The lowest BCUT2D eigenvalue weighted by Crippen LogP contribution is -1.77. The maximum absolute atomic E-state index is 2.26. The summed E-state index contributed by atoms with van der Waals surface area (Å²) in [7, 11) is 0. The fourth-order valence-corrected chi connectivity index (χ4v) is 1.71. The van der Waals surface area contributed by atoms with Crippen LogP contribution >= 0.6 is 0 Å². The zero-order valence-corrected chi connectivity index (χ0v) is 19.5. The van der Waals surface area contributed by atoms with Crippen molar-refractivity contribution in [3.05, 3.63) is 0 Å². The van der Waals surface area contributed by atoms with Crippen LogP contribution in [0, 0.1) is 5.92 Å². The van der Waals surface area contributed by atoms with Crippen LogP contribution in [0.4, 0.5) is 0 Å². The maximum Gasteiger partial charge on any atom is -0.0474 e. The summed E-state index contributed by atoms with van der Waals surface area (Å²) < 4.78 is 0. The van der Waals surface area contributed by atoms with Gasteiger partial charge in [0, 0.05) is 0 Å². The normalized spacial score (nSPS) is 9.25. The molecule has 0 heterocycles. The lowest BCUT2D eigenvalue weighted by molar-refractivity contribution is 0.624. The fraction of sp³-hybridized carbons (Fsp3) is 1.00. The molecule has 0 rings (SSSR count). The molecule has 0 nitrogen and oxygen atoms in total. The molecule has 0 saturated carbocycles. The largest absolute Gasteiger partial charge is 0.0654 e. The summed E-state index contributed by atoms with van der Waals surface area (Å²) in [6, 6.07) is 0. The summed E-state index contributed by atoms with van der Waals surface area (Å²) in [5.41, 5.74) is 0. The summed E-state index contributed by atoms with van der Waals surface area (Å²) in [4.78, 5) is 0. The Hall–Kier alpha value is 0. The molecule has 0 saturated heterocycles. The summed E-state index contributed by atoms with van der Waals surface area (Å²) in [5.74, 6) is 0.884. The van der Waals surface area contributed by atoms with Crippen molar-refractivity contribution in [3.63, 3.8) is 0 Å². The molecule has 0 aliphatic heterocycles. The first-order valence-electron chi connectivity index (χ1n) is 11.5. The quantitative estimate of drug-likeness (QED) is 0.327. The van der Waals surface area contributed by atoms with Gasteiger partial charge >= 0.3 is 0 Å².